The molecule has 4 aromatic carbocycles. The number of hydrogen-bond donors (Lipinski definition) is 0. The van der Waals surface area contributed by atoms with E-state index in [9.17, 15) is 0 Å². The van der Waals surface area contributed by atoms with E-state index in [1.807, 2.05) is 36.5 Å². The van der Waals surface area contributed by atoms with Crippen molar-refractivity contribution in [2.24, 2.45) is 0 Å². The van der Waals surface area contributed by atoms with Crippen molar-refractivity contribution in [3.05, 3.63) is 137 Å². The number of hydrogen-bond acceptors (Lipinski definition) is 3. The van der Waals surface area contributed by atoms with Crippen LogP contribution in [0.4, 0.5) is 0 Å². The first-order valence-electron chi connectivity index (χ1n) is 14.5. The Morgan fingerprint density at radius 3 is 2.25 bits per heavy atom. The molecule has 0 aliphatic heterocycles. The van der Waals surface area contributed by atoms with E-state index in [1.54, 1.807) is 11.3 Å². The standard InChI is InChI=1S/C26H23N2.C13H8NS.Ir/c1-15-10-18(4)25(19(5)11-15)24-14-20-8-6-7-9-21(20)26-27-22-12-16(2)17(3)13-23(22)28(24)26;1-2-7-12-10(5-1)9-13(15-12)11-6-3-4-8-14-11;/h6-8,10-14H,1-5H3;1-8H;/q2*-1;. The molecule has 0 aliphatic rings. The van der Waals surface area contributed by atoms with Crippen molar-refractivity contribution in [2.45, 2.75) is 34.6 Å². The first kappa shape index (κ1) is 29.9. The maximum absolute atomic E-state index is 5.04. The molecule has 1 radical (unpaired) electrons. The van der Waals surface area contributed by atoms with Gasteiger partial charge in [0, 0.05) is 43.3 Å². The van der Waals surface area contributed by atoms with Crippen LogP contribution in [-0.4, -0.2) is 14.4 Å². The molecule has 44 heavy (non-hydrogen) atoms. The number of nitrogens with zero attached hydrogens (tertiary/aromatic N) is 3. The average Bonchev–Trinajstić information content (AvgIpc) is 3.60. The molecular formula is C39H31IrN3S-2. The summed E-state index contributed by atoms with van der Waals surface area (Å²) in [5.74, 6) is 0. The van der Waals surface area contributed by atoms with Gasteiger partial charge in [0.1, 0.15) is 0 Å². The first-order chi connectivity index (χ1) is 20.9. The Hall–Kier alpha value is -4.15. The topological polar surface area (TPSA) is 30.2 Å². The van der Waals surface area contributed by atoms with Crippen LogP contribution in [0.5, 0.6) is 0 Å². The molecule has 0 aliphatic carbocycles. The predicted molar refractivity (Wildman–Crippen MR) is 182 cm³/mol. The number of thiophene rings is 1. The molecule has 8 aromatic rings. The molecule has 5 heteroatoms. The minimum absolute atomic E-state index is 0. The molecule has 0 N–H and O–H groups in total. The molecule has 8 rings (SSSR count). The fraction of sp³-hybridized carbons (Fsp3) is 0.128. The number of aromatic nitrogens is 3. The van der Waals surface area contributed by atoms with Gasteiger partial charge in [0.05, 0.1) is 16.7 Å². The number of fused-ring (bicyclic) bond motifs is 6. The second kappa shape index (κ2) is 12.1. The van der Waals surface area contributed by atoms with Crippen molar-refractivity contribution in [3.8, 4) is 21.8 Å². The molecule has 0 bridgehead atoms. The van der Waals surface area contributed by atoms with Gasteiger partial charge in [-0.3, -0.25) is 4.98 Å². The molecule has 0 unspecified atom stereocenters. The van der Waals surface area contributed by atoms with Crippen LogP contribution >= 0.6 is 11.3 Å². The monoisotopic (exact) mass is 766 g/mol. The van der Waals surface area contributed by atoms with Gasteiger partial charge in [0.25, 0.3) is 0 Å². The zero-order valence-electron chi connectivity index (χ0n) is 25.3. The SMILES string of the molecule is Cc1cc(C)c(-c2cc3ccc[c-]c3c3nc4cc(C)c(C)cc4n23)c(C)c1.[Ir].[c-]1c(-c2ccccn2)sc2ccccc12. The maximum atomic E-state index is 5.04. The van der Waals surface area contributed by atoms with Crippen LogP contribution in [0.2, 0.25) is 0 Å². The minimum Gasteiger partial charge on any atom is -0.333 e. The van der Waals surface area contributed by atoms with Gasteiger partial charge in [-0.05, 0) is 84.6 Å². The van der Waals surface area contributed by atoms with Gasteiger partial charge in [-0.25, -0.2) is 11.3 Å². The van der Waals surface area contributed by atoms with Gasteiger partial charge in [-0.2, -0.15) is 0 Å². The van der Waals surface area contributed by atoms with Gasteiger partial charge in [0.15, 0.2) is 0 Å². The molecule has 219 valence electrons. The number of benzene rings is 4. The number of imidazole rings is 1. The van der Waals surface area contributed by atoms with Gasteiger partial charge in [-0.15, -0.1) is 58.6 Å². The third-order valence-electron chi connectivity index (χ3n) is 8.09. The summed E-state index contributed by atoms with van der Waals surface area (Å²) in [6.07, 6.45) is 1.81. The third-order valence-corrected chi connectivity index (χ3v) is 9.18. The second-order valence-electron chi connectivity index (χ2n) is 11.3. The minimum atomic E-state index is 0. The van der Waals surface area contributed by atoms with Gasteiger partial charge in [-0.1, -0.05) is 48.0 Å². The summed E-state index contributed by atoms with van der Waals surface area (Å²) in [5.41, 5.74) is 13.1. The third kappa shape index (κ3) is 5.37. The van der Waals surface area contributed by atoms with E-state index >= 15 is 0 Å². The second-order valence-corrected chi connectivity index (χ2v) is 12.3. The Kier molecular flexibility index (Phi) is 8.22. The Bertz CT molecular complexity index is 2240. The summed E-state index contributed by atoms with van der Waals surface area (Å²) in [7, 11) is 0. The van der Waals surface area contributed by atoms with E-state index in [4.69, 9.17) is 4.98 Å². The van der Waals surface area contributed by atoms with Crippen molar-refractivity contribution in [3.63, 3.8) is 0 Å². The fourth-order valence-electron chi connectivity index (χ4n) is 6.02. The molecule has 0 amide bonds. The van der Waals surface area contributed by atoms with Crippen LogP contribution in [0.25, 0.3) is 59.4 Å². The Morgan fingerprint density at radius 1 is 0.750 bits per heavy atom. The molecule has 4 heterocycles. The number of aryl methyl sites for hydroxylation is 5. The predicted octanol–water partition coefficient (Wildman–Crippen LogP) is 10.4. The summed E-state index contributed by atoms with van der Waals surface area (Å²) in [6, 6.07) is 38.5. The molecule has 0 spiro atoms. The summed E-state index contributed by atoms with van der Waals surface area (Å²) in [5, 5.41) is 3.41. The molecule has 3 nitrogen and oxygen atoms in total. The zero-order valence-corrected chi connectivity index (χ0v) is 28.5. The first-order valence-corrected chi connectivity index (χ1v) is 15.3. The summed E-state index contributed by atoms with van der Waals surface area (Å²) in [4.78, 5) is 10.5. The van der Waals surface area contributed by atoms with Crippen molar-refractivity contribution in [2.75, 3.05) is 0 Å². The van der Waals surface area contributed by atoms with E-state index in [0.29, 0.717) is 0 Å². The average molecular weight is 766 g/mol. The quantitative estimate of drug-likeness (QED) is 0.164. The Balaban J connectivity index is 0.000000181. The molecule has 0 fully saturated rings. The summed E-state index contributed by atoms with van der Waals surface area (Å²) in [6.45, 7) is 10.9. The van der Waals surface area contributed by atoms with Crippen LogP contribution < -0.4 is 0 Å². The number of pyridine rings is 2. The van der Waals surface area contributed by atoms with E-state index < -0.39 is 0 Å². The van der Waals surface area contributed by atoms with Crippen LogP contribution in [-0.2, 0) is 20.1 Å². The summed E-state index contributed by atoms with van der Waals surface area (Å²) >= 11 is 1.73. The molecule has 0 atom stereocenters. The van der Waals surface area contributed by atoms with Gasteiger partial charge >= 0.3 is 0 Å². The van der Waals surface area contributed by atoms with Crippen molar-refractivity contribution >= 4 is 48.9 Å². The normalized spacial score (nSPS) is 11.1. The van der Waals surface area contributed by atoms with E-state index in [0.717, 1.165) is 32.6 Å². The molecule has 0 saturated carbocycles. The fourth-order valence-corrected chi connectivity index (χ4v) is 7.00. The largest absolute Gasteiger partial charge is 0.333 e. The van der Waals surface area contributed by atoms with E-state index in [-0.39, 0.29) is 20.1 Å². The molecule has 4 aromatic heterocycles. The van der Waals surface area contributed by atoms with Gasteiger partial charge in [0.2, 0.25) is 0 Å². The summed E-state index contributed by atoms with van der Waals surface area (Å²) < 4.78 is 3.59. The van der Waals surface area contributed by atoms with Gasteiger partial charge < -0.3 is 9.38 Å². The van der Waals surface area contributed by atoms with Crippen LogP contribution in [0.1, 0.15) is 27.8 Å². The Morgan fingerprint density at radius 2 is 1.50 bits per heavy atom. The molecule has 0 saturated heterocycles. The van der Waals surface area contributed by atoms with Crippen LogP contribution in [0.3, 0.4) is 0 Å². The Labute approximate surface area is 275 Å². The molecular weight excluding hydrogens is 735 g/mol. The van der Waals surface area contributed by atoms with Crippen molar-refractivity contribution in [1.29, 1.82) is 0 Å². The van der Waals surface area contributed by atoms with Crippen molar-refractivity contribution in [1.82, 2.24) is 14.4 Å². The van der Waals surface area contributed by atoms with E-state index in [1.165, 1.54) is 54.5 Å². The zero-order chi connectivity index (χ0) is 29.7. The number of rotatable bonds is 2. The maximum Gasteiger partial charge on any atom is 0.0777 e. The van der Waals surface area contributed by atoms with Crippen molar-refractivity contribution < 1.29 is 20.1 Å². The van der Waals surface area contributed by atoms with Crippen LogP contribution in [0, 0.1) is 46.8 Å². The van der Waals surface area contributed by atoms with Crippen LogP contribution in [0.15, 0.2) is 97.2 Å². The van der Waals surface area contributed by atoms with E-state index in [2.05, 4.69) is 117 Å². The smallest absolute Gasteiger partial charge is 0.0777 e.